The van der Waals surface area contributed by atoms with Crippen molar-refractivity contribution in [1.82, 2.24) is 10.1 Å². The van der Waals surface area contributed by atoms with Crippen LogP contribution in [0.25, 0.3) is 11.0 Å². The van der Waals surface area contributed by atoms with Gasteiger partial charge in [-0.25, -0.2) is 0 Å². The highest BCUT2D eigenvalue weighted by Crippen LogP contribution is 2.28. The van der Waals surface area contributed by atoms with E-state index in [1.165, 1.54) is 0 Å². The summed E-state index contributed by atoms with van der Waals surface area (Å²) in [6.45, 7) is 1.98. The molecule has 0 bridgehead atoms. The van der Waals surface area contributed by atoms with Gasteiger partial charge < -0.3 is 14.2 Å². The van der Waals surface area contributed by atoms with Crippen LogP contribution in [0.2, 0.25) is 0 Å². The lowest BCUT2D eigenvalue weighted by Gasteiger charge is -2.26. The fourth-order valence-electron chi connectivity index (χ4n) is 2.77. The van der Waals surface area contributed by atoms with Gasteiger partial charge in [-0.1, -0.05) is 35.5 Å². The molecule has 1 aromatic heterocycles. The zero-order chi connectivity index (χ0) is 17.1. The van der Waals surface area contributed by atoms with Crippen LogP contribution in [0.1, 0.15) is 24.2 Å². The molecule has 0 aliphatic rings. The quantitative estimate of drug-likeness (QED) is 0.719. The second-order valence-electron chi connectivity index (χ2n) is 5.72. The predicted octanol–water partition coefficient (Wildman–Crippen LogP) is 3.60. The maximum atomic E-state index is 12.7. The minimum atomic E-state index is -0.105. The van der Waals surface area contributed by atoms with E-state index in [4.69, 9.17) is 9.26 Å². The number of hydrogen-bond donors (Lipinski definition) is 0. The fourth-order valence-corrected chi connectivity index (χ4v) is 2.77. The van der Waals surface area contributed by atoms with E-state index in [-0.39, 0.29) is 18.4 Å². The monoisotopic (exact) mass is 324 g/mol. The summed E-state index contributed by atoms with van der Waals surface area (Å²) >= 11 is 0. The zero-order valence-electron chi connectivity index (χ0n) is 14.0. The van der Waals surface area contributed by atoms with Gasteiger partial charge in [-0.2, -0.15) is 0 Å². The van der Waals surface area contributed by atoms with Crippen molar-refractivity contribution >= 4 is 16.9 Å². The number of para-hydroxylation sites is 2. The number of methoxy groups -OCH3 is 1. The molecule has 0 spiro atoms. The molecule has 0 aliphatic carbocycles. The Kier molecular flexibility index (Phi) is 4.51. The second kappa shape index (κ2) is 6.74. The van der Waals surface area contributed by atoms with Gasteiger partial charge in [0.25, 0.3) is 0 Å². The summed E-state index contributed by atoms with van der Waals surface area (Å²) in [5.74, 6) is 0.754. The Morgan fingerprint density at radius 3 is 2.71 bits per heavy atom. The summed E-state index contributed by atoms with van der Waals surface area (Å²) in [5, 5.41) is 4.92. The lowest BCUT2D eigenvalue weighted by Crippen LogP contribution is -2.31. The molecule has 5 heteroatoms. The lowest BCUT2D eigenvalue weighted by molar-refractivity contribution is -0.131. The fraction of sp³-hybridized carbons (Fsp3) is 0.263. The molecule has 1 unspecified atom stereocenters. The first-order chi connectivity index (χ1) is 11.6. The van der Waals surface area contributed by atoms with Crippen LogP contribution in [0, 0.1) is 0 Å². The average molecular weight is 324 g/mol. The Hall–Kier alpha value is -2.82. The molecule has 0 radical (unpaired) electrons. The third-order valence-electron chi connectivity index (χ3n) is 4.33. The highest BCUT2D eigenvalue weighted by Gasteiger charge is 2.22. The first kappa shape index (κ1) is 16.1. The first-order valence-electron chi connectivity index (χ1n) is 7.83. The van der Waals surface area contributed by atoms with Gasteiger partial charge in [0.05, 0.1) is 19.6 Å². The predicted molar refractivity (Wildman–Crippen MR) is 91.9 cm³/mol. The molecule has 0 N–H and O–H groups in total. The van der Waals surface area contributed by atoms with Gasteiger partial charge in [0, 0.05) is 18.0 Å². The van der Waals surface area contributed by atoms with Crippen LogP contribution >= 0.6 is 0 Å². The summed E-state index contributed by atoms with van der Waals surface area (Å²) in [5.41, 5.74) is 2.33. The van der Waals surface area contributed by atoms with Crippen molar-refractivity contribution in [3.63, 3.8) is 0 Å². The van der Waals surface area contributed by atoms with Gasteiger partial charge in [0.15, 0.2) is 5.58 Å². The van der Waals surface area contributed by atoms with Crippen molar-refractivity contribution in [2.45, 2.75) is 19.4 Å². The molecule has 0 saturated heterocycles. The third-order valence-corrected chi connectivity index (χ3v) is 4.33. The third kappa shape index (κ3) is 2.97. The standard InChI is InChI=1S/C19H20N2O3/c1-13(14-8-4-6-10-17(14)23-3)21(2)19(22)12-16-15-9-5-7-11-18(15)24-20-16/h4-11,13H,12H2,1-3H3. The van der Waals surface area contributed by atoms with Crippen LogP contribution in [-0.2, 0) is 11.2 Å². The highest BCUT2D eigenvalue weighted by atomic mass is 16.5. The van der Waals surface area contributed by atoms with Gasteiger partial charge in [0.1, 0.15) is 11.4 Å². The van der Waals surface area contributed by atoms with Crippen molar-refractivity contribution in [2.75, 3.05) is 14.2 Å². The molecular weight excluding hydrogens is 304 g/mol. The van der Waals surface area contributed by atoms with Crippen molar-refractivity contribution < 1.29 is 14.1 Å². The molecule has 2 aromatic carbocycles. The molecule has 124 valence electrons. The van der Waals surface area contributed by atoms with Gasteiger partial charge >= 0.3 is 0 Å². The SMILES string of the molecule is COc1ccccc1C(C)N(C)C(=O)Cc1noc2ccccc12. The van der Waals surface area contributed by atoms with E-state index < -0.39 is 0 Å². The number of rotatable bonds is 5. The second-order valence-corrected chi connectivity index (χ2v) is 5.72. The smallest absolute Gasteiger partial charge is 0.228 e. The highest BCUT2D eigenvalue weighted by molar-refractivity contribution is 5.86. The van der Waals surface area contributed by atoms with E-state index in [2.05, 4.69) is 5.16 Å². The van der Waals surface area contributed by atoms with Crippen LogP contribution in [0.4, 0.5) is 0 Å². The Labute approximate surface area is 140 Å². The number of fused-ring (bicyclic) bond motifs is 1. The molecule has 3 rings (SSSR count). The maximum absolute atomic E-state index is 12.7. The minimum Gasteiger partial charge on any atom is -0.496 e. The summed E-state index contributed by atoms with van der Waals surface area (Å²) in [6.07, 6.45) is 0.201. The number of carbonyl (C=O) groups excluding carboxylic acids is 1. The number of benzene rings is 2. The molecular formula is C19H20N2O3. The molecule has 0 aliphatic heterocycles. The van der Waals surface area contributed by atoms with E-state index in [1.54, 1.807) is 19.1 Å². The van der Waals surface area contributed by atoms with Crippen molar-refractivity contribution in [3.05, 3.63) is 59.8 Å². The first-order valence-corrected chi connectivity index (χ1v) is 7.83. The molecule has 0 fully saturated rings. The molecule has 1 heterocycles. The Morgan fingerprint density at radius 1 is 1.21 bits per heavy atom. The number of aromatic nitrogens is 1. The molecule has 1 atom stereocenters. The summed E-state index contributed by atoms with van der Waals surface area (Å²) in [7, 11) is 3.43. The van der Waals surface area contributed by atoms with Crippen molar-refractivity contribution in [3.8, 4) is 5.75 Å². The van der Waals surface area contributed by atoms with Crippen LogP contribution in [0.5, 0.6) is 5.75 Å². The Bertz CT molecular complexity index is 856. The van der Waals surface area contributed by atoms with Gasteiger partial charge in [-0.05, 0) is 25.1 Å². The van der Waals surface area contributed by atoms with Crippen LogP contribution < -0.4 is 4.74 Å². The molecule has 5 nitrogen and oxygen atoms in total. The Balaban J connectivity index is 1.79. The molecule has 3 aromatic rings. The van der Waals surface area contributed by atoms with E-state index in [0.717, 1.165) is 16.7 Å². The van der Waals surface area contributed by atoms with E-state index in [1.807, 2.05) is 55.5 Å². The molecule has 24 heavy (non-hydrogen) atoms. The van der Waals surface area contributed by atoms with Gasteiger partial charge in [-0.3, -0.25) is 4.79 Å². The van der Waals surface area contributed by atoms with Crippen LogP contribution in [0.15, 0.2) is 53.1 Å². The summed E-state index contributed by atoms with van der Waals surface area (Å²) in [6, 6.07) is 15.2. The molecule has 1 amide bonds. The van der Waals surface area contributed by atoms with E-state index in [0.29, 0.717) is 11.3 Å². The number of likely N-dealkylation sites (N-methyl/N-ethyl adjacent to an activating group) is 1. The number of ether oxygens (including phenoxy) is 1. The largest absolute Gasteiger partial charge is 0.496 e. The van der Waals surface area contributed by atoms with Crippen LogP contribution in [0.3, 0.4) is 0 Å². The average Bonchev–Trinajstić information content (AvgIpc) is 3.03. The van der Waals surface area contributed by atoms with Gasteiger partial charge in [0.2, 0.25) is 5.91 Å². The topological polar surface area (TPSA) is 55.6 Å². The number of hydrogen-bond acceptors (Lipinski definition) is 4. The van der Waals surface area contributed by atoms with Crippen molar-refractivity contribution in [2.24, 2.45) is 0 Å². The van der Waals surface area contributed by atoms with Crippen molar-refractivity contribution in [1.29, 1.82) is 0 Å². The van der Waals surface area contributed by atoms with Crippen LogP contribution in [-0.4, -0.2) is 30.1 Å². The van der Waals surface area contributed by atoms with E-state index in [9.17, 15) is 4.79 Å². The molecule has 0 saturated carbocycles. The summed E-state index contributed by atoms with van der Waals surface area (Å²) in [4.78, 5) is 14.4. The maximum Gasteiger partial charge on any atom is 0.228 e. The number of nitrogens with zero attached hydrogens (tertiary/aromatic N) is 2. The minimum absolute atomic E-state index is 0.0209. The zero-order valence-corrected chi connectivity index (χ0v) is 14.0. The summed E-state index contributed by atoms with van der Waals surface area (Å²) < 4.78 is 10.7. The number of carbonyl (C=O) groups is 1. The van der Waals surface area contributed by atoms with Gasteiger partial charge in [-0.15, -0.1) is 0 Å². The lowest BCUT2D eigenvalue weighted by atomic mass is 10.1. The number of amides is 1. The normalized spacial score (nSPS) is 12.1. The van der Waals surface area contributed by atoms with E-state index >= 15 is 0 Å². The Morgan fingerprint density at radius 2 is 1.92 bits per heavy atom.